The lowest BCUT2D eigenvalue weighted by molar-refractivity contribution is 0.228. The minimum absolute atomic E-state index is 0.625. The molecule has 1 saturated carbocycles. The maximum Gasteiger partial charge on any atom is 0.107 e. The Hall–Kier alpha value is -0.830. The molecule has 1 heterocycles. The highest BCUT2D eigenvalue weighted by Crippen LogP contribution is 2.30. The summed E-state index contributed by atoms with van der Waals surface area (Å²) in [6, 6.07) is 0.625. The van der Waals surface area contributed by atoms with Crippen LogP contribution in [-0.4, -0.2) is 22.6 Å². The smallest absolute Gasteiger partial charge is 0.107 e. The third-order valence-corrected chi connectivity index (χ3v) is 3.15. The predicted octanol–water partition coefficient (Wildman–Crippen LogP) is 1.73. The Morgan fingerprint density at radius 3 is 3.00 bits per heavy atom. The number of likely N-dealkylation sites (N-methyl/N-ethyl adjacent to an activating group) is 1. The van der Waals surface area contributed by atoms with Crippen molar-refractivity contribution < 1.29 is 0 Å². The van der Waals surface area contributed by atoms with E-state index in [0.717, 1.165) is 24.7 Å². The van der Waals surface area contributed by atoms with Crippen molar-refractivity contribution in [3.63, 3.8) is 0 Å². The first-order valence-electron chi connectivity index (χ1n) is 5.61. The molecule has 1 unspecified atom stereocenters. The number of rotatable bonds is 5. The van der Waals surface area contributed by atoms with Crippen LogP contribution < -0.4 is 5.32 Å². The van der Waals surface area contributed by atoms with E-state index < -0.39 is 0 Å². The van der Waals surface area contributed by atoms with Gasteiger partial charge in [0.1, 0.15) is 5.82 Å². The molecule has 0 saturated heterocycles. The highest BCUT2D eigenvalue weighted by molar-refractivity contribution is 4.94. The Kier molecular flexibility index (Phi) is 3.19. The van der Waals surface area contributed by atoms with Crippen molar-refractivity contribution in [2.24, 2.45) is 5.92 Å². The quantitative estimate of drug-likeness (QED) is 0.747. The van der Waals surface area contributed by atoms with Crippen molar-refractivity contribution in [2.75, 3.05) is 6.54 Å². The molecule has 1 aliphatic rings. The molecule has 0 radical (unpaired) electrons. The van der Waals surface area contributed by atoms with Crippen LogP contribution in [0.15, 0.2) is 12.4 Å². The summed E-state index contributed by atoms with van der Waals surface area (Å²) in [5.41, 5.74) is 0. The van der Waals surface area contributed by atoms with E-state index >= 15 is 0 Å². The molecule has 0 aliphatic heterocycles. The average molecular weight is 193 g/mol. The SMILES string of the molecule is CCNC(Cc1ncc[nH]1)C1CCC1. The van der Waals surface area contributed by atoms with E-state index in [4.69, 9.17) is 0 Å². The molecule has 0 bridgehead atoms. The second-order valence-corrected chi connectivity index (χ2v) is 4.10. The number of aromatic amines is 1. The molecule has 0 amide bonds. The Morgan fingerprint density at radius 2 is 2.50 bits per heavy atom. The zero-order valence-electron chi connectivity index (χ0n) is 8.79. The number of imidazole rings is 1. The van der Waals surface area contributed by atoms with Gasteiger partial charge < -0.3 is 10.3 Å². The maximum absolute atomic E-state index is 4.28. The zero-order chi connectivity index (χ0) is 9.80. The second-order valence-electron chi connectivity index (χ2n) is 4.10. The molecule has 1 aromatic rings. The number of hydrogen-bond donors (Lipinski definition) is 2. The standard InChI is InChI=1S/C11H19N3/c1-2-12-10(9-4-3-5-9)8-11-13-6-7-14-11/h6-7,9-10,12H,2-5,8H2,1H3,(H,13,14). The summed E-state index contributed by atoms with van der Waals surface area (Å²) in [6.07, 6.45) is 8.96. The van der Waals surface area contributed by atoms with Gasteiger partial charge in [-0.3, -0.25) is 0 Å². The summed E-state index contributed by atoms with van der Waals surface area (Å²) in [4.78, 5) is 7.46. The van der Waals surface area contributed by atoms with Crippen LogP contribution in [-0.2, 0) is 6.42 Å². The van der Waals surface area contributed by atoms with Gasteiger partial charge in [0.2, 0.25) is 0 Å². The van der Waals surface area contributed by atoms with Crippen LogP contribution in [0, 0.1) is 5.92 Å². The molecule has 0 aromatic carbocycles. The van der Waals surface area contributed by atoms with Gasteiger partial charge in [-0.05, 0) is 25.3 Å². The summed E-state index contributed by atoms with van der Waals surface area (Å²) in [7, 11) is 0. The topological polar surface area (TPSA) is 40.7 Å². The second kappa shape index (κ2) is 4.60. The van der Waals surface area contributed by atoms with Crippen LogP contribution in [0.5, 0.6) is 0 Å². The lowest BCUT2D eigenvalue weighted by atomic mass is 9.78. The van der Waals surface area contributed by atoms with Crippen molar-refractivity contribution in [3.05, 3.63) is 18.2 Å². The van der Waals surface area contributed by atoms with Gasteiger partial charge in [-0.1, -0.05) is 13.3 Å². The Bertz CT molecular complexity index is 252. The van der Waals surface area contributed by atoms with Gasteiger partial charge in [0, 0.05) is 24.9 Å². The first kappa shape index (κ1) is 9.71. The monoisotopic (exact) mass is 193 g/mol. The molecule has 2 N–H and O–H groups in total. The molecule has 3 nitrogen and oxygen atoms in total. The molecular weight excluding hydrogens is 174 g/mol. The van der Waals surface area contributed by atoms with Gasteiger partial charge in [0.15, 0.2) is 0 Å². The number of aromatic nitrogens is 2. The highest BCUT2D eigenvalue weighted by atomic mass is 14.9. The van der Waals surface area contributed by atoms with Crippen LogP contribution in [0.1, 0.15) is 32.0 Å². The molecule has 1 aliphatic carbocycles. The molecule has 2 rings (SSSR count). The van der Waals surface area contributed by atoms with Crippen LogP contribution in [0.3, 0.4) is 0 Å². The summed E-state index contributed by atoms with van der Waals surface area (Å²) >= 11 is 0. The van der Waals surface area contributed by atoms with Gasteiger partial charge in [-0.25, -0.2) is 4.98 Å². The Morgan fingerprint density at radius 1 is 1.64 bits per heavy atom. The average Bonchev–Trinajstić information content (AvgIpc) is 2.54. The van der Waals surface area contributed by atoms with Gasteiger partial charge in [-0.15, -0.1) is 0 Å². The fourth-order valence-electron chi connectivity index (χ4n) is 2.13. The van der Waals surface area contributed by atoms with E-state index in [0.29, 0.717) is 6.04 Å². The summed E-state index contributed by atoms with van der Waals surface area (Å²) < 4.78 is 0. The minimum atomic E-state index is 0.625. The Balaban J connectivity index is 1.89. The molecule has 14 heavy (non-hydrogen) atoms. The molecule has 3 heteroatoms. The predicted molar refractivity (Wildman–Crippen MR) is 57.1 cm³/mol. The van der Waals surface area contributed by atoms with Crippen molar-refractivity contribution in [1.29, 1.82) is 0 Å². The van der Waals surface area contributed by atoms with Gasteiger partial charge in [0.25, 0.3) is 0 Å². The van der Waals surface area contributed by atoms with E-state index in [2.05, 4.69) is 22.2 Å². The van der Waals surface area contributed by atoms with Crippen LogP contribution in [0.2, 0.25) is 0 Å². The minimum Gasteiger partial charge on any atom is -0.349 e. The summed E-state index contributed by atoms with van der Waals surface area (Å²) in [6.45, 7) is 3.23. The van der Waals surface area contributed by atoms with Gasteiger partial charge >= 0.3 is 0 Å². The van der Waals surface area contributed by atoms with E-state index in [-0.39, 0.29) is 0 Å². The third-order valence-electron chi connectivity index (χ3n) is 3.15. The number of nitrogens with zero attached hydrogens (tertiary/aromatic N) is 1. The lowest BCUT2D eigenvalue weighted by Gasteiger charge is -2.33. The van der Waals surface area contributed by atoms with Crippen LogP contribution in [0.4, 0.5) is 0 Å². The van der Waals surface area contributed by atoms with Crippen LogP contribution in [0.25, 0.3) is 0 Å². The highest BCUT2D eigenvalue weighted by Gasteiger charge is 2.26. The Labute approximate surface area is 85.3 Å². The fourth-order valence-corrected chi connectivity index (χ4v) is 2.13. The van der Waals surface area contributed by atoms with Gasteiger partial charge in [0.05, 0.1) is 0 Å². The first-order chi connectivity index (χ1) is 6.90. The van der Waals surface area contributed by atoms with E-state index in [1.54, 1.807) is 0 Å². The molecule has 1 aromatic heterocycles. The number of H-pyrrole nitrogens is 1. The first-order valence-corrected chi connectivity index (χ1v) is 5.61. The summed E-state index contributed by atoms with van der Waals surface area (Å²) in [5.74, 6) is 1.99. The molecule has 1 atom stereocenters. The van der Waals surface area contributed by atoms with Crippen molar-refractivity contribution in [1.82, 2.24) is 15.3 Å². The number of nitrogens with one attached hydrogen (secondary N) is 2. The third kappa shape index (κ3) is 2.15. The number of hydrogen-bond acceptors (Lipinski definition) is 2. The zero-order valence-corrected chi connectivity index (χ0v) is 8.79. The fraction of sp³-hybridized carbons (Fsp3) is 0.727. The van der Waals surface area contributed by atoms with E-state index in [1.165, 1.54) is 19.3 Å². The van der Waals surface area contributed by atoms with E-state index in [9.17, 15) is 0 Å². The van der Waals surface area contributed by atoms with Crippen molar-refractivity contribution in [2.45, 2.75) is 38.6 Å². The summed E-state index contributed by atoms with van der Waals surface area (Å²) in [5, 5.41) is 3.56. The molecule has 1 fully saturated rings. The van der Waals surface area contributed by atoms with Crippen molar-refractivity contribution in [3.8, 4) is 0 Å². The molecule has 78 valence electrons. The van der Waals surface area contributed by atoms with E-state index in [1.807, 2.05) is 12.4 Å². The molecule has 0 spiro atoms. The van der Waals surface area contributed by atoms with Crippen LogP contribution >= 0.6 is 0 Å². The molecular formula is C11H19N3. The largest absolute Gasteiger partial charge is 0.349 e. The lowest BCUT2D eigenvalue weighted by Crippen LogP contribution is -2.41. The van der Waals surface area contributed by atoms with Crippen molar-refractivity contribution >= 4 is 0 Å². The normalized spacial score (nSPS) is 19.2. The van der Waals surface area contributed by atoms with Gasteiger partial charge in [-0.2, -0.15) is 0 Å². The maximum atomic E-state index is 4.28.